The zero-order valence-corrected chi connectivity index (χ0v) is 14.4. The minimum absolute atomic E-state index is 0.211. The third-order valence-electron chi connectivity index (χ3n) is 4.15. The number of amides is 1. The molecule has 1 aliphatic carbocycles. The fourth-order valence-electron chi connectivity index (χ4n) is 2.91. The Labute approximate surface area is 144 Å². The van der Waals surface area contributed by atoms with Gasteiger partial charge in [-0.1, -0.05) is 37.3 Å². The molecule has 3 nitrogen and oxygen atoms in total. The van der Waals surface area contributed by atoms with Gasteiger partial charge < -0.3 is 5.32 Å². The van der Waals surface area contributed by atoms with Gasteiger partial charge in [-0.15, -0.1) is 11.3 Å². The largest absolute Gasteiger partial charge is 0.312 e. The summed E-state index contributed by atoms with van der Waals surface area (Å²) in [7, 11) is 0. The minimum Gasteiger partial charge on any atom is -0.312 e. The first-order valence-corrected chi connectivity index (χ1v) is 8.78. The van der Waals surface area contributed by atoms with Crippen molar-refractivity contribution >= 4 is 34.5 Å². The van der Waals surface area contributed by atoms with Crippen LogP contribution in [0.1, 0.15) is 40.4 Å². The van der Waals surface area contributed by atoms with Crippen LogP contribution in [-0.4, -0.2) is 5.91 Å². The van der Waals surface area contributed by atoms with Crippen molar-refractivity contribution in [2.45, 2.75) is 26.2 Å². The maximum absolute atomic E-state index is 12.4. The highest BCUT2D eigenvalue weighted by Gasteiger charge is 2.23. The molecule has 2 aromatic rings. The molecule has 1 amide bonds. The van der Waals surface area contributed by atoms with Crippen LogP contribution in [0.25, 0.3) is 0 Å². The van der Waals surface area contributed by atoms with E-state index in [1.54, 1.807) is 12.1 Å². The predicted octanol–water partition coefficient (Wildman–Crippen LogP) is 4.73. The molecule has 0 saturated heterocycles. The van der Waals surface area contributed by atoms with E-state index in [0.717, 1.165) is 34.2 Å². The Morgan fingerprint density at radius 3 is 2.78 bits per heavy atom. The smallest absolute Gasteiger partial charge is 0.256 e. The van der Waals surface area contributed by atoms with Crippen LogP contribution < -0.4 is 5.32 Å². The number of carbonyl (C=O) groups excluding carboxylic acids is 1. The van der Waals surface area contributed by atoms with Crippen molar-refractivity contribution in [3.05, 3.63) is 56.4 Å². The van der Waals surface area contributed by atoms with Crippen molar-refractivity contribution in [1.82, 2.24) is 0 Å². The van der Waals surface area contributed by atoms with E-state index in [9.17, 15) is 10.1 Å². The fourth-order valence-corrected chi connectivity index (χ4v) is 4.30. The van der Waals surface area contributed by atoms with Crippen molar-refractivity contribution in [2.24, 2.45) is 5.92 Å². The van der Waals surface area contributed by atoms with Crippen molar-refractivity contribution < 1.29 is 4.79 Å². The van der Waals surface area contributed by atoms with Gasteiger partial charge in [0, 0.05) is 5.56 Å². The third kappa shape index (κ3) is 3.19. The third-order valence-corrected chi connectivity index (χ3v) is 5.59. The van der Waals surface area contributed by atoms with Crippen LogP contribution in [0.15, 0.2) is 30.3 Å². The number of anilines is 1. The maximum Gasteiger partial charge on any atom is 0.256 e. The van der Waals surface area contributed by atoms with Crippen molar-refractivity contribution in [3.8, 4) is 6.07 Å². The lowest BCUT2D eigenvalue weighted by atomic mass is 9.85. The van der Waals surface area contributed by atoms with E-state index in [1.807, 2.05) is 18.2 Å². The summed E-state index contributed by atoms with van der Waals surface area (Å²) in [4.78, 5) is 12.4. The van der Waals surface area contributed by atoms with Crippen LogP contribution >= 0.6 is 23.6 Å². The van der Waals surface area contributed by atoms with Gasteiger partial charge in [-0.2, -0.15) is 5.26 Å². The lowest BCUT2D eigenvalue weighted by Crippen LogP contribution is -2.16. The number of fused-ring (bicyclic) bond motifs is 1. The van der Waals surface area contributed by atoms with E-state index in [2.05, 4.69) is 18.3 Å². The molecule has 1 atom stereocenters. The second kappa shape index (κ2) is 6.61. The Balaban J connectivity index is 2.01. The van der Waals surface area contributed by atoms with Gasteiger partial charge in [0.2, 0.25) is 0 Å². The number of nitrogens with zero attached hydrogens (tertiary/aromatic N) is 1. The number of carbonyl (C=O) groups is 1. The van der Waals surface area contributed by atoms with Gasteiger partial charge in [-0.05, 0) is 48.4 Å². The molecule has 1 aliphatic rings. The Kier molecular flexibility index (Phi) is 4.56. The van der Waals surface area contributed by atoms with E-state index in [-0.39, 0.29) is 5.91 Å². The number of hydrogen-bond donors (Lipinski definition) is 1. The predicted molar refractivity (Wildman–Crippen MR) is 95.5 cm³/mol. The van der Waals surface area contributed by atoms with Crippen molar-refractivity contribution in [1.29, 1.82) is 5.26 Å². The van der Waals surface area contributed by atoms with E-state index >= 15 is 0 Å². The Morgan fingerprint density at radius 1 is 1.35 bits per heavy atom. The van der Waals surface area contributed by atoms with Crippen LogP contribution in [-0.2, 0) is 12.8 Å². The van der Waals surface area contributed by atoms with Crippen LogP contribution in [0.2, 0.25) is 0 Å². The molecule has 0 aliphatic heterocycles. The summed E-state index contributed by atoms with van der Waals surface area (Å²) in [6.07, 6.45) is 2.83. The van der Waals surface area contributed by atoms with Crippen LogP contribution in [0.4, 0.5) is 5.00 Å². The summed E-state index contributed by atoms with van der Waals surface area (Å²) in [5, 5.41) is 13.0. The summed E-state index contributed by atoms with van der Waals surface area (Å²) in [6.45, 7) is 2.21. The van der Waals surface area contributed by atoms with E-state index in [4.69, 9.17) is 12.2 Å². The Morgan fingerprint density at radius 2 is 2.09 bits per heavy atom. The van der Waals surface area contributed by atoms with Gasteiger partial charge >= 0.3 is 0 Å². The highest BCUT2D eigenvalue weighted by Crippen LogP contribution is 2.36. The first kappa shape index (κ1) is 15.9. The SMILES string of the molecule is CC1CCc2c(C#N)c(NC(=O)c3ccccc3)sc(=S)c2C1. The molecule has 1 N–H and O–H groups in total. The summed E-state index contributed by atoms with van der Waals surface area (Å²) >= 11 is 6.84. The molecule has 0 saturated carbocycles. The number of nitrogens with one attached hydrogen (secondary N) is 1. The first-order valence-electron chi connectivity index (χ1n) is 7.55. The lowest BCUT2D eigenvalue weighted by molar-refractivity contribution is 0.102. The van der Waals surface area contributed by atoms with Gasteiger partial charge in [0.25, 0.3) is 5.91 Å². The normalized spacial score (nSPS) is 16.3. The number of hydrogen-bond acceptors (Lipinski definition) is 4. The molecule has 0 bridgehead atoms. The summed E-state index contributed by atoms with van der Waals surface area (Å²) in [5.41, 5.74) is 3.30. The highest BCUT2D eigenvalue weighted by atomic mass is 32.1. The summed E-state index contributed by atoms with van der Waals surface area (Å²) < 4.78 is 0.786. The standard InChI is InChI=1S/C18H16N2OS2/c1-11-7-8-13-14(9-11)18(22)23-17(15(13)10-19)20-16(21)12-5-3-2-4-6-12/h2-6,11H,7-9H2,1H3,(H,20,21). The molecular formula is C18H16N2OS2. The summed E-state index contributed by atoms with van der Waals surface area (Å²) in [6, 6.07) is 11.3. The molecule has 23 heavy (non-hydrogen) atoms. The zero-order valence-electron chi connectivity index (χ0n) is 12.8. The van der Waals surface area contributed by atoms with Crippen molar-refractivity contribution in [3.63, 3.8) is 0 Å². The topological polar surface area (TPSA) is 52.9 Å². The molecular weight excluding hydrogens is 324 g/mol. The summed E-state index contributed by atoms with van der Waals surface area (Å²) in [5.74, 6) is 0.379. The molecule has 5 heteroatoms. The molecule has 1 aromatic heterocycles. The van der Waals surface area contributed by atoms with E-state index in [0.29, 0.717) is 22.0 Å². The second-order valence-corrected chi connectivity index (χ2v) is 7.52. The molecule has 116 valence electrons. The highest BCUT2D eigenvalue weighted by molar-refractivity contribution is 7.73. The molecule has 1 heterocycles. The van der Waals surface area contributed by atoms with Crippen LogP contribution in [0.5, 0.6) is 0 Å². The monoisotopic (exact) mass is 340 g/mol. The molecule has 3 rings (SSSR count). The Hall–Kier alpha value is -2.03. The van der Waals surface area contributed by atoms with Gasteiger partial charge in [0.15, 0.2) is 0 Å². The molecule has 0 spiro atoms. The molecule has 1 aromatic carbocycles. The average molecular weight is 340 g/mol. The number of rotatable bonds is 2. The molecule has 1 unspecified atom stereocenters. The van der Waals surface area contributed by atoms with Gasteiger partial charge in [0.05, 0.1) is 9.39 Å². The van der Waals surface area contributed by atoms with E-state index in [1.165, 1.54) is 11.3 Å². The van der Waals surface area contributed by atoms with Gasteiger partial charge in [-0.25, -0.2) is 0 Å². The number of nitriles is 1. The van der Waals surface area contributed by atoms with Crippen LogP contribution in [0.3, 0.4) is 0 Å². The van der Waals surface area contributed by atoms with Gasteiger partial charge in [0.1, 0.15) is 11.1 Å². The maximum atomic E-state index is 12.4. The Bertz CT molecular complexity index is 850. The van der Waals surface area contributed by atoms with E-state index < -0.39 is 0 Å². The van der Waals surface area contributed by atoms with Crippen LogP contribution in [0, 0.1) is 21.1 Å². The van der Waals surface area contributed by atoms with Gasteiger partial charge in [-0.3, -0.25) is 4.79 Å². The quantitative estimate of drug-likeness (QED) is 0.804. The zero-order chi connectivity index (χ0) is 16.4. The fraction of sp³-hybridized carbons (Fsp3) is 0.278. The molecule has 0 fully saturated rings. The van der Waals surface area contributed by atoms with Crippen molar-refractivity contribution in [2.75, 3.05) is 5.32 Å². The second-order valence-electron chi connectivity index (χ2n) is 5.83. The number of benzene rings is 1. The minimum atomic E-state index is -0.211. The first-order chi connectivity index (χ1) is 11.1. The average Bonchev–Trinajstić information content (AvgIpc) is 2.56. The lowest BCUT2D eigenvalue weighted by Gasteiger charge is -2.23. The molecule has 0 radical (unpaired) electrons.